The highest BCUT2D eigenvalue weighted by molar-refractivity contribution is 7.88. The van der Waals surface area contributed by atoms with E-state index >= 15 is 0 Å². The van der Waals surface area contributed by atoms with Gasteiger partial charge in [0.2, 0.25) is 15.9 Å². The van der Waals surface area contributed by atoms with Crippen LogP contribution in [-0.4, -0.2) is 48.8 Å². The summed E-state index contributed by atoms with van der Waals surface area (Å²) in [6.45, 7) is 8.05. The standard InChI is InChI=1S/C14H26N4O3S/c1-14(2,3)13-16-12(17-21-13)10-18-8-6-5-7-11(18)9-15-22(4,19)20/h11,15H,5-10H2,1-4H3/t11-/m1/s1. The molecule has 22 heavy (non-hydrogen) atoms. The molecule has 7 nitrogen and oxygen atoms in total. The van der Waals surface area contributed by atoms with E-state index in [1.165, 1.54) is 6.26 Å². The zero-order valence-corrected chi connectivity index (χ0v) is 14.6. The fraction of sp³-hybridized carbons (Fsp3) is 0.857. The van der Waals surface area contributed by atoms with E-state index in [9.17, 15) is 8.42 Å². The lowest BCUT2D eigenvalue weighted by Crippen LogP contribution is -2.46. The van der Waals surface area contributed by atoms with Crippen LogP contribution in [-0.2, 0) is 22.0 Å². The highest BCUT2D eigenvalue weighted by atomic mass is 32.2. The topological polar surface area (TPSA) is 88.3 Å². The van der Waals surface area contributed by atoms with Gasteiger partial charge in [0.1, 0.15) is 0 Å². The van der Waals surface area contributed by atoms with Crippen molar-refractivity contribution < 1.29 is 12.9 Å². The zero-order valence-electron chi connectivity index (χ0n) is 13.8. The number of nitrogens with zero attached hydrogens (tertiary/aromatic N) is 3. The molecule has 2 heterocycles. The number of hydrogen-bond acceptors (Lipinski definition) is 6. The zero-order chi connectivity index (χ0) is 16.4. The first-order valence-electron chi connectivity index (χ1n) is 7.67. The van der Waals surface area contributed by atoms with Gasteiger partial charge in [0.05, 0.1) is 12.8 Å². The van der Waals surface area contributed by atoms with Gasteiger partial charge in [-0.05, 0) is 19.4 Å². The lowest BCUT2D eigenvalue weighted by Gasteiger charge is -2.34. The Morgan fingerprint density at radius 2 is 2.09 bits per heavy atom. The molecule has 1 aliphatic rings. The Morgan fingerprint density at radius 3 is 2.68 bits per heavy atom. The van der Waals surface area contributed by atoms with Crippen molar-refractivity contribution in [3.05, 3.63) is 11.7 Å². The van der Waals surface area contributed by atoms with Gasteiger partial charge in [-0.1, -0.05) is 32.3 Å². The van der Waals surface area contributed by atoms with Crippen molar-refractivity contribution in [1.82, 2.24) is 19.8 Å². The summed E-state index contributed by atoms with van der Waals surface area (Å²) in [4.78, 5) is 6.70. The minimum absolute atomic E-state index is 0.162. The van der Waals surface area contributed by atoms with E-state index in [0.29, 0.717) is 24.8 Å². The number of sulfonamides is 1. The van der Waals surface area contributed by atoms with Crippen LogP contribution in [0.3, 0.4) is 0 Å². The van der Waals surface area contributed by atoms with Crippen LogP contribution < -0.4 is 4.72 Å². The molecule has 1 atom stereocenters. The van der Waals surface area contributed by atoms with Crippen LogP contribution in [0.4, 0.5) is 0 Å². The first-order chi connectivity index (χ1) is 10.1. The van der Waals surface area contributed by atoms with Crippen molar-refractivity contribution in [2.45, 2.75) is 58.0 Å². The van der Waals surface area contributed by atoms with Gasteiger partial charge in [-0.25, -0.2) is 13.1 Å². The van der Waals surface area contributed by atoms with Crippen molar-refractivity contribution in [2.75, 3.05) is 19.3 Å². The van der Waals surface area contributed by atoms with Gasteiger partial charge in [-0.15, -0.1) is 0 Å². The summed E-state index contributed by atoms with van der Waals surface area (Å²) in [6, 6.07) is 0.181. The summed E-state index contributed by atoms with van der Waals surface area (Å²) in [7, 11) is -3.16. The molecule has 0 unspecified atom stereocenters. The van der Waals surface area contributed by atoms with Gasteiger partial charge < -0.3 is 4.52 Å². The third kappa shape index (κ3) is 5.03. The fourth-order valence-corrected chi connectivity index (χ4v) is 3.05. The Hall–Kier alpha value is -0.990. The molecule has 0 amide bonds. The second-order valence-electron chi connectivity index (χ2n) is 7.01. The smallest absolute Gasteiger partial charge is 0.232 e. The SMILES string of the molecule is CC(C)(C)c1nc(CN2CCCC[C@@H]2CNS(C)(=O)=O)no1. The number of likely N-dealkylation sites (tertiary alicyclic amines) is 1. The molecule has 0 bridgehead atoms. The Balaban J connectivity index is 2.00. The van der Waals surface area contributed by atoms with E-state index in [2.05, 4.69) is 19.8 Å². The van der Waals surface area contributed by atoms with Gasteiger partial charge >= 0.3 is 0 Å². The summed E-state index contributed by atoms with van der Waals surface area (Å²) in [5.41, 5.74) is -0.162. The predicted molar refractivity (Wildman–Crippen MR) is 83.9 cm³/mol. The largest absolute Gasteiger partial charge is 0.339 e. The maximum Gasteiger partial charge on any atom is 0.232 e. The Kier molecular flexibility index (Phi) is 5.24. The lowest BCUT2D eigenvalue weighted by molar-refractivity contribution is 0.137. The minimum Gasteiger partial charge on any atom is -0.339 e. The third-order valence-corrected chi connectivity index (χ3v) is 4.48. The molecule has 0 spiro atoms. The summed E-state index contributed by atoms with van der Waals surface area (Å²) < 4.78 is 30.5. The number of aromatic nitrogens is 2. The van der Waals surface area contributed by atoms with Crippen LogP contribution in [0, 0.1) is 0 Å². The number of hydrogen-bond donors (Lipinski definition) is 1. The molecule has 1 fully saturated rings. The van der Waals surface area contributed by atoms with Crippen molar-refractivity contribution in [3.8, 4) is 0 Å². The molecule has 8 heteroatoms. The maximum atomic E-state index is 11.3. The van der Waals surface area contributed by atoms with E-state index in [4.69, 9.17) is 4.52 Å². The van der Waals surface area contributed by atoms with Crippen molar-refractivity contribution in [2.24, 2.45) is 0 Å². The van der Waals surface area contributed by atoms with Crippen LogP contribution in [0.1, 0.15) is 51.7 Å². The first kappa shape index (κ1) is 17.4. The van der Waals surface area contributed by atoms with E-state index in [-0.39, 0.29) is 11.5 Å². The monoisotopic (exact) mass is 330 g/mol. The highest BCUT2D eigenvalue weighted by Crippen LogP contribution is 2.22. The average Bonchev–Trinajstić information content (AvgIpc) is 2.85. The van der Waals surface area contributed by atoms with E-state index in [1.54, 1.807) is 0 Å². The summed E-state index contributed by atoms with van der Waals surface area (Å²) in [5.74, 6) is 1.29. The molecule has 0 aromatic carbocycles. The molecule has 1 aliphatic heterocycles. The Morgan fingerprint density at radius 1 is 1.36 bits per heavy atom. The first-order valence-corrected chi connectivity index (χ1v) is 9.56. The summed E-state index contributed by atoms with van der Waals surface area (Å²) >= 11 is 0. The van der Waals surface area contributed by atoms with Crippen molar-refractivity contribution in [3.63, 3.8) is 0 Å². The summed E-state index contributed by atoms with van der Waals surface area (Å²) in [6.07, 6.45) is 4.40. The van der Waals surface area contributed by atoms with Crippen molar-refractivity contribution >= 4 is 10.0 Å². The molecule has 126 valence electrons. The molecule has 0 radical (unpaired) electrons. The Bertz CT molecular complexity index is 591. The molecule has 0 saturated carbocycles. The van der Waals surface area contributed by atoms with E-state index in [1.807, 2.05) is 20.8 Å². The molecule has 1 aromatic heterocycles. The Labute approximate surface area is 132 Å². The van der Waals surface area contributed by atoms with Crippen molar-refractivity contribution in [1.29, 1.82) is 0 Å². The lowest BCUT2D eigenvalue weighted by atomic mass is 9.97. The molecular weight excluding hydrogens is 304 g/mol. The number of rotatable bonds is 5. The van der Waals surface area contributed by atoms with Gasteiger partial charge in [-0.2, -0.15) is 4.98 Å². The average molecular weight is 330 g/mol. The molecule has 1 saturated heterocycles. The van der Waals surface area contributed by atoms with E-state index < -0.39 is 10.0 Å². The van der Waals surface area contributed by atoms with Crippen LogP contribution in [0.5, 0.6) is 0 Å². The fourth-order valence-electron chi connectivity index (χ4n) is 2.55. The summed E-state index contributed by atoms with van der Waals surface area (Å²) in [5, 5.41) is 4.05. The van der Waals surface area contributed by atoms with Gasteiger partial charge in [0, 0.05) is 18.0 Å². The molecule has 1 N–H and O–H groups in total. The second kappa shape index (κ2) is 6.64. The molecule has 2 rings (SSSR count). The van der Waals surface area contributed by atoms with Crippen LogP contribution in [0.25, 0.3) is 0 Å². The van der Waals surface area contributed by atoms with Crippen LogP contribution >= 0.6 is 0 Å². The number of nitrogens with one attached hydrogen (secondary N) is 1. The van der Waals surface area contributed by atoms with E-state index in [0.717, 1.165) is 25.8 Å². The van der Waals surface area contributed by atoms with Gasteiger partial charge in [-0.3, -0.25) is 4.90 Å². The predicted octanol–water partition coefficient (Wildman–Crippen LogP) is 1.27. The normalized spacial score (nSPS) is 21.2. The molecular formula is C14H26N4O3S. The minimum atomic E-state index is -3.16. The van der Waals surface area contributed by atoms with Crippen LogP contribution in [0.2, 0.25) is 0 Å². The molecule has 0 aliphatic carbocycles. The highest BCUT2D eigenvalue weighted by Gasteiger charge is 2.26. The van der Waals surface area contributed by atoms with Crippen LogP contribution in [0.15, 0.2) is 4.52 Å². The van der Waals surface area contributed by atoms with Gasteiger partial charge in [0.25, 0.3) is 0 Å². The third-order valence-electron chi connectivity index (χ3n) is 3.78. The quantitative estimate of drug-likeness (QED) is 0.875. The number of piperidine rings is 1. The maximum absolute atomic E-state index is 11.3. The second-order valence-corrected chi connectivity index (χ2v) is 8.84. The molecule has 1 aromatic rings. The van der Waals surface area contributed by atoms with Gasteiger partial charge in [0.15, 0.2) is 5.82 Å².